The maximum atomic E-state index is 13.7. The summed E-state index contributed by atoms with van der Waals surface area (Å²) >= 11 is 7.45. The van der Waals surface area contributed by atoms with Gasteiger partial charge in [-0.2, -0.15) is 0 Å². The van der Waals surface area contributed by atoms with Crippen LogP contribution in [0.25, 0.3) is 5.76 Å². The van der Waals surface area contributed by atoms with Crippen LogP contribution >= 0.6 is 22.9 Å². The zero-order valence-electron chi connectivity index (χ0n) is 13.9. The first-order valence-corrected chi connectivity index (χ1v) is 9.39. The minimum atomic E-state index is -1.03. The second-order valence-electron chi connectivity index (χ2n) is 6.14. The fourth-order valence-corrected chi connectivity index (χ4v) is 4.38. The van der Waals surface area contributed by atoms with Crippen molar-refractivity contribution in [2.24, 2.45) is 0 Å². The molecule has 1 N–H and O–H groups in total. The number of halogens is 3. The number of thiophene rings is 1. The van der Waals surface area contributed by atoms with Crippen molar-refractivity contribution in [3.05, 3.63) is 92.4 Å². The number of aliphatic hydroxyl groups excluding tert-OH is 1. The highest BCUT2D eigenvalue weighted by Crippen LogP contribution is 2.47. The van der Waals surface area contributed by atoms with Crippen LogP contribution in [0.4, 0.5) is 8.78 Å². The van der Waals surface area contributed by atoms with E-state index in [0.717, 1.165) is 10.9 Å². The van der Waals surface area contributed by atoms with Gasteiger partial charge in [0.2, 0.25) is 0 Å². The normalized spacial score (nSPS) is 17.9. The quantitative estimate of drug-likeness (QED) is 0.637. The van der Waals surface area contributed by atoms with Crippen LogP contribution in [0, 0.1) is 11.6 Å². The Morgan fingerprint density at radius 2 is 1.96 bits per heavy atom. The van der Waals surface area contributed by atoms with E-state index in [-0.39, 0.29) is 23.8 Å². The number of hydrogen-bond donors (Lipinski definition) is 1. The molecule has 3 aromatic rings. The molecule has 0 radical (unpaired) electrons. The Morgan fingerprint density at radius 3 is 2.59 bits per heavy atom. The number of hydrogen-bond acceptors (Lipinski definition) is 4. The van der Waals surface area contributed by atoms with Gasteiger partial charge in [-0.1, -0.05) is 17.7 Å². The van der Waals surface area contributed by atoms with Crippen LogP contribution in [-0.4, -0.2) is 16.7 Å². The van der Waals surface area contributed by atoms with Crippen LogP contribution in [0.1, 0.15) is 28.0 Å². The van der Waals surface area contributed by atoms with Gasteiger partial charge in [0.1, 0.15) is 23.5 Å². The second kappa shape index (κ2) is 7.38. The Hall–Kier alpha value is -2.28. The van der Waals surface area contributed by atoms with Crippen molar-refractivity contribution in [2.75, 3.05) is 6.61 Å². The van der Waals surface area contributed by atoms with Gasteiger partial charge in [0.15, 0.2) is 0 Å². The van der Waals surface area contributed by atoms with E-state index in [2.05, 4.69) is 4.98 Å². The average Bonchev–Trinajstić information content (AvgIpc) is 3.27. The van der Waals surface area contributed by atoms with E-state index in [1.54, 1.807) is 30.6 Å². The predicted molar refractivity (Wildman–Crippen MR) is 100 cm³/mol. The summed E-state index contributed by atoms with van der Waals surface area (Å²) in [7, 11) is 0. The number of aromatic nitrogens is 1. The van der Waals surface area contributed by atoms with Crippen LogP contribution in [-0.2, 0) is 4.74 Å². The number of benzene rings is 1. The standard InChI is InChI=1S/C20H14ClF2NO2S/c21-17-4-3-16(27-17)15-10-26-20(12-6-13(22)8-14(23)7-12)18(15)19(25)11-2-1-5-24-9-11/h1-9,15,19,25H,10H2. The third kappa shape index (κ3) is 3.60. The molecule has 0 saturated carbocycles. The molecule has 0 spiro atoms. The van der Waals surface area contributed by atoms with Gasteiger partial charge in [0, 0.05) is 40.0 Å². The third-order valence-electron chi connectivity index (χ3n) is 4.39. The molecule has 1 aliphatic rings. The molecule has 2 atom stereocenters. The smallest absolute Gasteiger partial charge is 0.129 e. The summed E-state index contributed by atoms with van der Waals surface area (Å²) in [5, 5.41) is 11.0. The van der Waals surface area contributed by atoms with Gasteiger partial charge in [0.25, 0.3) is 0 Å². The Labute approximate surface area is 163 Å². The molecule has 1 aromatic carbocycles. The molecule has 2 unspecified atom stereocenters. The summed E-state index contributed by atoms with van der Waals surface area (Å²) in [5.74, 6) is -1.42. The van der Waals surface area contributed by atoms with E-state index < -0.39 is 17.7 Å². The van der Waals surface area contributed by atoms with Gasteiger partial charge >= 0.3 is 0 Å². The summed E-state index contributed by atoms with van der Waals surface area (Å²) in [4.78, 5) is 4.95. The molecule has 0 fully saturated rings. The molecule has 0 saturated heterocycles. The molecule has 3 nitrogen and oxygen atoms in total. The van der Waals surface area contributed by atoms with E-state index >= 15 is 0 Å². The van der Waals surface area contributed by atoms with Crippen molar-refractivity contribution in [1.82, 2.24) is 4.98 Å². The molecule has 7 heteroatoms. The van der Waals surface area contributed by atoms with E-state index in [4.69, 9.17) is 16.3 Å². The van der Waals surface area contributed by atoms with Gasteiger partial charge < -0.3 is 9.84 Å². The molecule has 0 amide bonds. The summed E-state index contributed by atoms with van der Waals surface area (Å²) in [5.41, 5.74) is 1.35. The molecule has 138 valence electrons. The van der Waals surface area contributed by atoms with Gasteiger partial charge in [0.05, 0.1) is 16.9 Å². The molecule has 3 heterocycles. The van der Waals surface area contributed by atoms with Crippen molar-refractivity contribution in [3.8, 4) is 0 Å². The zero-order chi connectivity index (χ0) is 19.0. The Balaban J connectivity index is 1.86. The fraction of sp³-hybridized carbons (Fsp3) is 0.150. The molecule has 4 rings (SSSR count). The lowest BCUT2D eigenvalue weighted by Crippen LogP contribution is -2.09. The van der Waals surface area contributed by atoms with Crippen molar-refractivity contribution < 1.29 is 18.6 Å². The largest absolute Gasteiger partial charge is 0.492 e. The number of ether oxygens (including phenoxy) is 1. The summed E-state index contributed by atoms with van der Waals surface area (Å²) in [6.07, 6.45) is 2.13. The molecular weight excluding hydrogens is 392 g/mol. The van der Waals surface area contributed by atoms with E-state index in [1.807, 2.05) is 6.07 Å². The lowest BCUT2D eigenvalue weighted by molar-refractivity contribution is 0.209. The highest BCUT2D eigenvalue weighted by Gasteiger charge is 2.36. The lowest BCUT2D eigenvalue weighted by atomic mass is 9.89. The van der Waals surface area contributed by atoms with Crippen LogP contribution in [0.2, 0.25) is 4.34 Å². The molecule has 0 aliphatic carbocycles. The Bertz CT molecular complexity index is 986. The van der Waals surface area contributed by atoms with E-state index in [0.29, 0.717) is 15.5 Å². The molecular formula is C20H14ClF2NO2S. The van der Waals surface area contributed by atoms with Crippen molar-refractivity contribution in [2.45, 2.75) is 12.0 Å². The Kier molecular flexibility index (Phi) is 4.95. The number of aliphatic hydroxyl groups is 1. The van der Waals surface area contributed by atoms with Crippen LogP contribution in [0.15, 0.2) is 60.4 Å². The van der Waals surface area contributed by atoms with Crippen LogP contribution < -0.4 is 0 Å². The van der Waals surface area contributed by atoms with Gasteiger partial charge in [-0.05, 0) is 30.3 Å². The molecule has 0 bridgehead atoms. The first-order chi connectivity index (χ1) is 13.0. The highest BCUT2D eigenvalue weighted by molar-refractivity contribution is 7.16. The third-order valence-corrected chi connectivity index (χ3v) is 5.73. The molecule has 2 aromatic heterocycles. The second-order valence-corrected chi connectivity index (χ2v) is 7.88. The van der Waals surface area contributed by atoms with Gasteiger partial charge in [-0.3, -0.25) is 4.98 Å². The first-order valence-electron chi connectivity index (χ1n) is 8.19. The van der Waals surface area contributed by atoms with Crippen molar-refractivity contribution in [3.63, 3.8) is 0 Å². The minimum absolute atomic E-state index is 0.246. The van der Waals surface area contributed by atoms with E-state index in [1.165, 1.54) is 23.5 Å². The first kappa shape index (κ1) is 18.1. The maximum absolute atomic E-state index is 13.7. The Morgan fingerprint density at radius 1 is 1.19 bits per heavy atom. The lowest BCUT2D eigenvalue weighted by Gasteiger charge is -2.18. The predicted octanol–water partition coefficient (Wildman–Crippen LogP) is 5.33. The van der Waals surface area contributed by atoms with Crippen LogP contribution in [0.5, 0.6) is 0 Å². The van der Waals surface area contributed by atoms with Crippen LogP contribution in [0.3, 0.4) is 0 Å². The highest BCUT2D eigenvalue weighted by atomic mass is 35.5. The average molecular weight is 406 g/mol. The van der Waals surface area contributed by atoms with Crippen molar-refractivity contribution >= 4 is 28.7 Å². The SMILES string of the molecule is OC(C1=C(c2cc(F)cc(F)c2)OCC1c1ccc(Cl)s1)c1cccnc1. The zero-order valence-corrected chi connectivity index (χ0v) is 15.5. The molecule has 1 aliphatic heterocycles. The number of rotatable bonds is 4. The fourth-order valence-electron chi connectivity index (χ4n) is 3.22. The van der Waals surface area contributed by atoms with Crippen molar-refractivity contribution in [1.29, 1.82) is 0 Å². The molecule has 27 heavy (non-hydrogen) atoms. The van der Waals surface area contributed by atoms with Gasteiger partial charge in [-0.25, -0.2) is 8.78 Å². The number of pyridine rings is 1. The number of nitrogens with zero attached hydrogens (tertiary/aromatic N) is 1. The monoisotopic (exact) mass is 405 g/mol. The topological polar surface area (TPSA) is 42.4 Å². The minimum Gasteiger partial charge on any atom is -0.492 e. The van der Waals surface area contributed by atoms with Gasteiger partial charge in [-0.15, -0.1) is 11.3 Å². The maximum Gasteiger partial charge on any atom is 0.129 e. The summed E-state index contributed by atoms with van der Waals surface area (Å²) in [6, 6.07) is 10.3. The summed E-state index contributed by atoms with van der Waals surface area (Å²) in [6.45, 7) is 0.247. The summed E-state index contributed by atoms with van der Waals surface area (Å²) < 4.78 is 33.9. The van der Waals surface area contributed by atoms with E-state index in [9.17, 15) is 13.9 Å².